The third-order valence-electron chi connectivity index (χ3n) is 2.67. The van der Waals surface area contributed by atoms with Crippen LogP contribution in [0.1, 0.15) is 23.6 Å². The van der Waals surface area contributed by atoms with Gasteiger partial charge in [-0.05, 0) is 37.1 Å². The standard InChI is InChI=1S/C11H16N2/c12-7-5-11-10-4-2-1-3-9(10)6-8-13-11/h1-4,11,13H,5-8,12H2. The van der Waals surface area contributed by atoms with Gasteiger partial charge in [0.1, 0.15) is 0 Å². The van der Waals surface area contributed by atoms with Crippen molar-refractivity contribution in [2.45, 2.75) is 18.9 Å². The fourth-order valence-corrected chi connectivity index (χ4v) is 2.02. The second-order valence-corrected chi connectivity index (χ2v) is 3.53. The molecule has 1 atom stereocenters. The van der Waals surface area contributed by atoms with Gasteiger partial charge in [-0.15, -0.1) is 0 Å². The molecule has 1 heterocycles. The molecule has 2 heteroatoms. The summed E-state index contributed by atoms with van der Waals surface area (Å²) in [6, 6.07) is 9.13. The minimum Gasteiger partial charge on any atom is -0.330 e. The number of nitrogens with one attached hydrogen (secondary N) is 1. The Morgan fingerprint density at radius 1 is 1.38 bits per heavy atom. The zero-order valence-corrected chi connectivity index (χ0v) is 7.79. The van der Waals surface area contributed by atoms with Crippen molar-refractivity contribution in [1.82, 2.24) is 5.32 Å². The summed E-state index contributed by atoms with van der Waals surface area (Å²) in [6.45, 7) is 1.84. The normalized spacial score (nSPS) is 21.2. The molecule has 0 saturated heterocycles. The minimum absolute atomic E-state index is 0.481. The molecule has 0 bridgehead atoms. The molecule has 70 valence electrons. The number of hydrogen-bond acceptors (Lipinski definition) is 2. The lowest BCUT2D eigenvalue weighted by molar-refractivity contribution is 0.481. The van der Waals surface area contributed by atoms with Crippen molar-refractivity contribution in [3.05, 3.63) is 35.4 Å². The van der Waals surface area contributed by atoms with E-state index >= 15 is 0 Å². The SMILES string of the molecule is NCCC1NCCc2ccccc21. The van der Waals surface area contributed by atoms with Gasteiger partial charge in [0.15, 0.2) is 0 Å². The Balaban J connectivity index is 2.26. The lowest BCUT2D eigenvalue weighted by atomic mass is 9.93. The molecule has 1 unspecified atom stereocenters. The summed E-state index contributed by atoms with van der Waals surface area (Å²) in [7, 11) is 0. The highest BCUT2D eigenvalue weighted by Gasteiger charge is 2.17. The van der Waals surface area contributed by atoms with Crippen molar-refractivity contribution in [2.24, 2.45) is 5.73 Å². The molecule has 2 rings (SSSR count). The number of nitrogens with two attached hydrogens (primary N) is 1. The van der Waals surface area contributed by atoms with Gasteiger partial charge in [0, 0.05) is 6.04 Å². The largest absolute Gasteiger partial charge is 0.330 e. The molecule has 1 aromatic rings. The first-order valence-corrected chi connectivity index (χ1v) is 4.93. The van der Waals surface area contributed by atoms with Crippen LogP contribution in [0, 0.1) is 0 Å². The Kier molecular flexibility index (Phi) is 2.62. The zero-order valence-electron chi connectivity index (χ0n) is 7.79. The number of benzene rings is 1. The predicted octanol–water partition coefficient (Wildman–Crippen LogP) is 1.22. The van der Waals surface area contributed by atoms with Crippen LogP contribution in [0.2, 0.25) is 0 Å². The first kappa shape index (κ1) is 8.73. The summed E-state index contributed by atoms with van der Waals surface area (Å²) in [5.41, 5.74) is 8.51. The van der Waals surface area contributed by atoms with E-state index in [9.17, 15) is 0 Å². The van der Waals surface area contributed by atoms with Crippen LogP contribution in [0.4, 0.5) is 0 Å². The third kappa shape index (κ3) is 1.74. The maximum atomic E-state index is 5.58. The molecule has 0 fully saturated rings. The molecular weight excluding hydrogens is 160 g/mol. The fraction of sp³-hybridized carbons (Fsp3) is 0.455. The molecule has 0 aromatic heterocycles. The van der Waals surface area contributed by atoms with Gasteiger partial charge in [-0.25, -0.2) is 0 Å². The van der Waals surface area contributed by atoms with E-state index in [0.29, 0.717) is 6.04 Å². The molecule has 0 amide bonds. The smallest absolute Gasteiger partial charge is 0.0335 e. The summed E-state index contributed by atoms with van der Waals surface area (Å²) in [6.07, 6.45) is 2.19. The summed E-state index contributed by atoms with van der Waals surface area (Å²) in [5.74, 6) is 0. The second kappa shape index (κ2) is 3.90. The van der Waals surface area contributed by atoms with Crippen LogP contribution >= 0.6 is 0 Å². The van der Waals surface area contributed by atoms with Gasteiger partial charge in [-0.3, -0.25) is 0 Å². The summed E-state index contributed by atoms with van der Waals surface area (Å²) < 4.78 is 0. The molecule has 0 aliphatic carbocycles. The topological polar surface area (TPSA) is 38.0 Å². The molecule has 0 radical (unpaired) electrons. The lowest BCUT2D eigenvalue weighted by Crippen LogP contribution is -2.31. The van der Waals surface area contributed by atoms with Crippen molar-refractivity contribution < 1.29 is 0 Å². The molecule has 1 aliphatic heterocycles. The van der Waals surface area contributed by atoms with Crippen LogP contribution in [-0.2, 0) is 6.42 Å². The van der Waals surface area contributed by atoms with Gasteiger partial charge in [-0.2, -0.15) is 0 Å². The molecule has 1 aliphatic rings. The maximum absolute atomic E-state index is 5.58. The zero-order chi connectivity index (χ0) is 9.10. The first-order valence-electron chi connectivity index (χ1n) is 4.93. The van der Waals surface area contributed by atoms with E-state index < -0.39 is 0 Å². The van der Waals surface area contributed by atoms with E-state index in [1.165, 1.54) is 11.1 Å². The van der Waals surface area contributed by atoms with Crippen molar-refractivity contribution in [1.29, 1.82) is 0 Å². The van der Waals surface area contributed by atoms with Gasteiger partial charge >= 0.3 is 0 Å². The van der Waals surface area contributed by atoms with Crippen LogP contribution in [0.5, 0.6) is 0 Å². The quantitative estimate of drug-likeness (QED) is 0.711. The van der Waals surface area contributed by atoms with E-state index in [-0.39, 0.29) is 0 Å². The summed E-state index contributed by atoms with van der Waals surface area (Å²) >= 11 is 0. The molecule has 2 nitrogen and oxygen atoms in total. The molecule has 13 heavy (non-hydrogen) atoms. The molecule has 0 spiro atoms. The Morgan fingerprint density at radius 2 is 2.23 bits per heavy atom. The van der Waals surface area contributed by atoms with Crippen molar-refractivity contribution in [3.63, 3.8) is 0 Å². The Hall–Kier alpha value is -0.860. The monoisotopic (exact) mass is 176 g/mol. The van der Waals surface area contributed by atoms with Crippen LogP contribution in [0.3, 0.4) is 0 Å². The van der Waals surface area contributed by atoms with Crippen molar-refractivity contribution in [3.8, 4) is 0 Å². The van der Waals surface area contributed by atoms with Gasteiger partial charge in [0.25, 0.3) is 0 Å². The number of hydrogen-bond donors (Lipinski definition) is 2. The number of rotatable bonds is 2. The molecule has 0 saturated carbocycles. The van der Waals surface area contributed by atoms with Crippen LogP contribution in [-0.4, -0.2) is 13.1 Å². The summed E-state index contributed by atoms with van der Waals surface area (Å²) in [5, 5.41) is 3.50. The van der Waals surface area contributed by atoms with Crippen LogP contribution in [0.25, 0.3) is 0 Å². The second-order valence-electron chi connectivity index (χ2n) is 3.53. The maximum Gasteiger partial charge on any atom is 0.0335 e. The van der Waals surface area contributed by atoms with Crippen LogP contribution < -0.4 is 11.1 Å². The van der Waals surface area contributed by atoms with Gasteiger partial charge < -0.3 is 11.1 Å². The van der Waals surface area contributed by atoms with Gasteiger partial charge in [0.05, 0.1) is 0 Å². The molecular formula is C11H16N2. The summed E-state index contributed by atoms with van der Waals surface area (Å²) in [4.78, 5) is 0. The Morgan fingerprint density at radius 3 is 3.08 bits per heavy atom. The van der Waals surface area contributed by atoms with E-state index in [1.54, 1.807) is 0 Å². The van der Waals surface area contributed by atoms with Crippen LogP contribution in [0.15, 0.2) is 24.3 Å². The third-order valence-corrected chi connectivity index (χ3v) is 2.67. The average molecular weight is 176 g/mol. The lowest BCUT2D eigenvalue weighted by Gasteiger charge is -2.26. The van der Waals surface area contributed by atoms with E-state index in [2.05, 4.69) is 29.6 Å². The predicted molar refractivity (Wildman–Crippen MR) is 54.6 cm³/mol. The van der Waals surface area contributed by atoms with E-state index in [4.69, 9.17) is 5.73 Å². The molecule has 1 aromatic carbocycles. The van der Waals surface area contributed by atoms with Crippen molar-refractivity contribution in [2.75, 3.05) is 13.1 Å². The van der Waals surface area contributed by atoms with Gasteiger partial charge in [0.2, 0.25) is 0 Å². The number of fused-ring (bicyclic) bond motifs is 1. The van der Waals surface area contributed by atoms with Crippen molar-refractivity contribution >= 4 is 0 Å². The average Bonchev–Trinajstić information content (AvgIpc) is 2.19. The first-order chi connectivity index (χ1) is 6.42. The van der Waals surface area contributed by atoms with E-state index in [0.717, 1.165) is 25.9 Å². The minimum atomic E-state index is 0.481. The van der Waals surface area contributed by atoms with E-state index in [1.807, 2.05) is 0 Å². The fourth-order valence-electron chi connectivity index (χ4n) is 2.02. The highest BCUT2D eigenvalue weighted by Crippen LogP contribution is 2.24. The van der Waals surface area contributed by atoms with Gasteiger partial charge in [-0.1, -0.05) is 24.3 Å². The molecule has 3 N–H and O–H groups in total. The Bertz CT molecular complexity index is 283. The Labute approximate surface area is 79.1 Å². The highest BCUT2D eigenvalue weighted by molar-refractivity contribution is 5.32. The highest BCUT2D eigenvalue weighted by atomic mass is 14.9.